The molecule has 2 aliphatic rings. The Morgan fingerprint density at radius 2 is 1.96 bits per heavy atom. The second-order valence-corrected chi connectivity index (χ2v) is 8.48. The lowest BCUT2D eigenvalue weighted by Crippen LogP contribution is -2.43. The minimum atomic E-state index is -0.404. The molecular formula is C22H29ClN2O3. The summed E-state index contributed by atoms with van der Waals surface area (Å²) in [6.07, 6.45) is 4.80. The van der Waals surface area contributed by atoms with Crippen molar-refractivity contribution in [3.8, 4) is 0 Å². The SMILES string of the molecule is C=C(OCC)C1(CCCCCl)CCc2cc3c(cc2C12CO2)n(C)c(=O)n3C. The zero-order valence-corrected chi connectivity index (χ0v) is 17.8. The quantitative estimate of drug-likeness (QED) is 0.303. The molecule has 1 aliphatic heterocycles. The number of epoxide rings is 1. The molecule has 0 radical (unpaired) electrons. The van der Waals surface area contributed by atoms with Crippen LogP contribution in [-0.4, -0.2) is 28.2 Å². The van der Waals surface area contributed by atoms with E-state index in [4.69, 9.17) is 21.1 Å². The van der Waals surface area contributed by atoms with E-state index in [0.717, 1.165) is 48.9 Å². The normalized spacial score (nSPS) is 25.9. The van der Waals surface area contributed by atoms with Crippen LogP contribution in [0.4, 0.5) is 0 Å². The molecular weight excluding hydrogens is 376 g/mol. The van der Waals surface area contributed by atoms with Crippen molar-refractivity contribution in [3.63, 3.8) is 0 Å². The zero-order chi connectivity index (χ0) is 20.1. The molecule has 152 valence electrons. The Labute approximate surface area is 170 Å². The van der Waals surface area contributed by atoms with Crippen LogP contribution in [0.15, 0.2) is 29.3 Å². The Morgan fingerprint density at radius 1 is 1.29 bits per heavy atom. The lowest BCUT2D eigenvalue weighted by Gasteiger charge is -2.44. The summed E-state index contributed by atoms with van der Waals surface area (Å²) in [5.74, 6) is 1.49. The Bertz CT molecular complexity index is 986. The number of imidazole rings is 1. The number of fused-ring (bicyclic) bond motifs is 3. The van der Waals surface area contributed by atoms with Crippen LogP contribution in [0.5, 0.6) is 0 Å². The molecule has 5 nitrogen and oxygen atoms in total. The predicted molar refractivity (Wildman–Crippen MR) is 112 cm³/mol. The highest BCUT2D eigenvalue weighted by Crippen LogP contribution is 2.64. The average molecular weight is 405 g/mol. The van der Waals surface area contributed by atoms with E-state index in [-0.39, 0.29) is 11.1 Å². The molecule has 1 fully saturated rings. The summed E-state index contributed by atoms with van der Waals surface area (Å²) in [6, 6.07) is 4.33. The number of rotatable bonds is 7. The summed E-state index contributed by atoms with van der Waals surface area (Å²) in [5.41, 5.74) is 3.72. The van der Waals surface area contributed by atoms with E-state index in [0.29, 0.717) is 19.1 Å². The van der Waals surface area contributed by atoms with Crippen LogP contribution in [-0.2, 0) is 35.6 Å². The van der Waals surface area contributed by atoms with Crippen LogP contribution in [0, 0.1) is 5.41 Å². The fourth-order valence-corrected chi connectivity index (χ4v) is 5.34. The van der Waals surface area contributed by atoms with Crippen LogP contribution in [0.25, 0.3) is 11.0 Å². The number of alkyl halides is 1. The van der Waals surface area contributed by atoms with Gasteiger partial charge < -0.3 is 9.47 Å². The second-order valence-electron chi connectivity index (χ2n) is 8.10. The third-order valence-electron chi connectivity index (χ3n) is 6.80. The standard InChI is InChI=1S/C22H29ClN2O3/c1-5-27-15(2)21(9-6-7-11-23)10-8-16-12-18-19(25(4)20(26)24(18)3)13-17(16)22(21)14-28-22/h12-13H,2,5-11,14H2,1,3-4H3. The van der Waals surface area contributed by atoms with Crippen molar-refractivity contribution >= 4 is 22.6 Å². The van der Waals surface area contributed by atoms with Gasteiger partial charge in [0.25, 0.3) is 0 Å². The third kappa shape index (κ3) is 2.59. The van der Waals surface area contributed by atoms with E-state index in [1.54, 1.807) is 9.13 Å². The first kappa shape index (κ1) is 19.6. The monoisotopic (exact) mass is 404 g/mol. The van der Waals surface area contributed by atoms with E-state index >= 15 is 0 Å². The fraction of sp³-hybridized carbons (Fsp3) is 0.591. The summed E-state index contributed by atoms with van der Waals surface area (Å²) < 4.78 is 15.6. The van der Waals surface area contributed by atoms with Crippen LogP contribution >= 0.6 is 11.6 Å². The van der Waals surface area contributed by atoms with Gasteiger partial charge in [0.05, 0.1) is 35.4 Å². The zero-order valence-electron chi connectivity index (χ0n) is 17.0. The largest absolute Gasteiger partial charge is 0.498 e. The van der Waals surface area contributed by atoms with Gasteiger partial charge in [-0.3, -0.25) is 9.13 Å². The summed E-state index contributed by atoms with van der Waals surface area (Å²) in [6.45, 7) is 7.60. The van der Waals surface area contributed by atoms with E-state index in [1.165, 1.54) is 11.1 Å². The van der Waals surface area contributed by atoms with Crippen molar-refractivity contribution in [1.82, 2.24) is 9.13 Å². The molecule has 0 amide bonds. The lowest BCUT2D eigenvalue weighted by atomic mass is 9.60. The van der Waals surface area contributed by atoms with Gasteiger partial charge in [-0.2, -0.15) is 0 Å². The number of hydrogen-bond donors (Lipinski definition) is 0. The maximum Gasteiger partial charge on any atom is 0.328 e. The molecule has 2 unspecified atom stereocenters. The molecule has 1 aliphatic carbocycles. The number of aromatic nitrogens is 2. The molecule has 4 rings (SSSR count). The van der Waals surface area contributed by atoms with Crippen LogP contribution in [0.3, 0.4) is 0 Å². The molecule has 28 heavy (non-hydrogen) atoms. The first-order valence-corrected chi connectivity index (χ1v) is 10.7. The third-order valence-corrected chi connectivity index (χ3v) is 7.07. The van der Waals surface area contributed by atoms with Gasteiger partial charge in [0.2, 0.25) is 0 Å². The van der Waals surface area contributed by atoms with Gasteiger partial charge >= 0.3 is 5.69 Å². The number of unbranched alkanes of at least 4 members (excludes halogenated alkanes) is 1. The first-order chi connectivity index (χ1) is 13.4. The number of benzene rings is 1. The summed E-state index contributed by atoms with van der Waals surface area (Å²) >= 11 is 5.95. The molecule has 2 aromatic rings. The highest BCUT2D eigenvalue weighted by molar-refractivity contribution is 6.17. The van der Waals surface area contributed by atoms with Crippen molar-refractivity contribution in [2.75, 3.05) is 19.1 Å². The Kier molecular flexibility index (Phi) is 4.87. The van der Waals surface area contributed by atoms with Crippen LogP contribution in [0.1, 0.15) is 43.7 Å². The Hall–Kier alpha value is -1.72. The van der Waals surface area contributed by atoms with Gasteiger partial charge in [-0.15, -0.1) is 11.6 Å². The van der Waals surface area contributed by atoms with Crippen molar-refractivity contribution in [2.45, 2.75) is 44.6 Å². The summed E-state index contributed by atoms with van der Waals surface area (Å²) in [5, 5.41) is 0. The number of aryl methyl sites for hydroxylation is 3. The number of nitrogens with zero attached hydrogens (tertiary/aromatic N) is 2. The molecule has 0 N–H and O–H groups in total. The van der Waals surface area contributed by atoms with Crippen molar-refractivity contribution in [3.05, 3.63) is 46.1 Å². The molecule has 0 saturated carbocycles. The van der Waals surface area contributed by atoms with Crippen molar-refractivity contribution in [2.24, 2.45) is 19.5 Å². The fourth-order valence-electron chi connectivity index (χ4n) is 5.15. The Morgan fingerprint density at radius 3 is 2.57 bits per heavy atom. The van der Waals surface area contributed by atoms with Gasteiger partial charge in [0.15, 0.2) is 0 Å². The number of hydrogen-bond acceptors (Lipinski definition) is 3. The maximum absolute atomic E-state index is 12.4. The van der Waals surface area contributed by atoms with Gasteiger partial charge in [0, 0.05) is 20.0 Å². The molecule has 0 bridgehead atoms. The minimum absolute atomic E-state index is 0.00443. The molecule has 2 atom stereocenters. The topological polar surface area (TPSA) is 48.7 Å². The summed E-state index contributed by atoms with van der Waals surface area (Å²) in [4.78, 5) is 12.4. The average Bonchev–Trinajstić information content (AvgIpc) is 3.46. The molecule has 1 spiro atoms. The van der Waals surface area contributed by atoms with E-state index in [2.05, 4.69) is 18.7 Å². The molecule has 6 heteroatoms. The van der Waals surface area contributed by atoms with E-state index < -0.39 is 5.60 Å². The predicted octanol–water partition coefficient (Wildman–Crippen LogP) is 3.99. The van der Waals surface area contributed by atoms with Crippen LogP contribution < -0.4 is 5.69 Å². The lowest BCUT2D eigenvalue weighted by molar-refractivity contribution is 0.0313. The molecule has 2 heterocycles. The molecule has 1 saturated heterocycles. The highest BCUT2D eigenvalue weighted by atomic mass is 35.5. The van der Waals surface area contributed by atoms with Crippen LogP contribution in [0.2, 0.25) is 0 Å². The summed E-state index contributed by atoms with van der Waals surface area (Å²) in [7, 11) is 3.66. The molecule has 1 aromatic heterocycles. The van der Waals surface area contributed by atoms with E-state index in [9.17, 15) is 4.79 Å². The first-order valence-electron chi connectivity index (χ1n) is 10.1. The Balaban J connectivity index is 1.86. The van der Waals surface area contributed by atoms with Gasteiger partial charge in [-0.05, 0) is 55.9 Å². The number of ether oxygens (including phenoxy) is 2. The van der Waals surface area contributed by atoms with Gasteiger partial charge in [-0.25, -0.2) is 4.79 Å². The number of halogens is 1. The molecule has 1 aromatic carbocycles. The van der Waals surface area contributed by atoms with Crippen molar-refractivity contribution < 1.29 is 9.47 Å². The van der Waals surface area contributed by atoms with E-state index in [1.807, 2.05) is 21.0 Å². The maximum atomic E-state index is 12.4. The smallest absolute Gasteiger partial charge is 0.328 e. The van der Waals surface area contributed by atoms with Crippen molar-refractivity contribution in [1.29, 1.82) is 0 Å². The second kappa shape index (κ2) is 6.96. The van der Waals surface area contributed by atoms with Gasteiger partial charge in [-0.1, -0.05) is 13.0 Å². The minimum Gasteiger partial charge on any atom is -0.498 e. The van der Waals surface area contributed by atoms with Gasteiger partial charge in [0.1, 0.15) is 5.60 Å². The highest BCUT2D eigenvalue weighted by Gasteiger charge is 2.66.